The molecule has 0 radical (unpaired) electrons. The van der Waals surface area contributed by atoms with Gasteiger partial charge in [0.15, 0.2) is 5.76 Å². The highest BCUT2D eigenvalue weighted by Crippen LogP contribution is 2.31. The van der Waals surface area contributed by atoms with E-state index in [0.29, 0.717) is 43.6 Å². The predicted molar refractivity (Wildman–Crippen MR) is 128 cm³/mol. The molecule has 0 spiro atoms. The summed E-state index contributed by atoms with van der Waals surface area (Å²) in [6.07, 6.45) is 1.54. The Morgan fingerprint density at radius 2 is 1.97 bits per heavy atom. The fourth-order valence-electron chi connectivity index (χ4n) is 3.72. The Balaban J connectivity index is 1.36. The van der Waals surface area contributed by atoms with Crippen LogP contribution in [0, 0.1) is 18.3 Å². The van der Waals surface area contributed by atoms with Gasteiger partial charge in [-0.2, -0.15) is 10.2 Å². The van der Waals surface area contributed by atoms with Crippen LogP contribution < -0.4 is 4.90 Å². The molecule has 0 N–H and O–H groups in total. The number of oxazole rings is 1. The van der Waals surface area contributed by atoms with Gasteiger partial charge >= 0.3 is 0 Å². The molecule has 1 amide bonds. The number of aryl methyl sites for hydroxylation is 1. The number of hydrogen-bond donors (Lipinski definition) is 0. The minimum atomic E-state index is 0.0726. The molecule has 8 heteroatoms. The number of rotatable bonds is 5. The topological polar surface area (TPSA) is 86.5 Å². The van der Waals surface area contributed by atoms with E-state index in [1.807, 2.05) is 9.80 Å². The third-order valence-electron chi connectivity index (χ3n) is 5.77. The first-order valence-corrected chi connectivity index (χ1v) is 12.0. The summed E-state index contributed by atoms with van der Waals surface area (Å²) in [5.41, 5.74) is 2.76. The van der Waals surface area contributed by atoms with Gasteiger partial charge in [0.2, 0.25) is 17.5 Å². The van der Waals surface area contributed by atoms with Crippen molar-refractivity contribution in [2.75, 3.05) is 36.8 Å². The molecule has 0 saturated carbocycles. The molecule has 1 aliphatic heterocycles. The largest absolute Gasteiger partial charge is 0.459 e. The monoisotopic (exact) mass is 464 g/mol. The average molecular weight is 465 g/mol. The zero-order chi connectivity index (χ0) is 23.6. The van der Waals surface area contributed by atoms with Crippen LogP contribution in [0.3, 0.4) is 0 Å². The summed E-state index contributed by atoms with van der Waals surface area (Å²) in [5.74, 6) is 1.72. The fraction of sp³-hybridized carbons (Fsp3) is 0.400. The van der Waals surface area contributed by atoms with E-state index in [1.165, 1.54) is 17.4 Å². The summed E-state index contributed by atoms with van der Waals surface area (Å²) in [5, 5.41) is 9.47. The highest BCUT2D eigenvalue weighted by Gasteiger charge is 2.27. The second-order valence-electron chi connectivity index (χ2n) is 9.15. The van der Waals surface area contributed by atoms with Gasteiger partial charge in [-0.15, -0.1) is 11.8 Å². The highest BCUT2D eigenvalue weighted by atomic mass is 32.2. The van der Waals surface area contributed by atoms with E-state index in [4.69, 9.17) is 8.83 Å². The van der Waals surface area contributed by atoms with Gasteiger partial charge in [-0.3, -0.25) is 4.79 Å². The number of furan rings is 1. The molecule has 7 nitrogen and oxygen atoms in total. The van der Waals surface area contributed by atoms with Crippen molar-refractivity contribution < 1.29 is 13.6 Å². The van der Waals surface area contributed by atoms with Crippen molar-refractivity contribution in [2.24, 2.45) is 0 Å². The number of carbonyl (C=O) groups is 1. The third kappa shape index (κ3) is 5.09. The number of hydrogen-bond acceptors (Lipinski definition) is 7. The molecule has 1 saturated heterocycles. The Labute approximate surface area is 198 Å². The standard InChI is InChI=1S/C25H28N4O3S/c1-17-7-8-18(25(2,3)4)14-21(17)33-16-22(30)28-9-11-29(12-10-28)24-19(15-26)27-23(32-24)20-6-5-13-31-20/h5-8,13-14H,9-12,16H2,1-4H3. The molecule has 0 aliphatic carbocycles. The molecule has 0 unspecified atom stereocenters. The normalized spacial score (nSPS) is 14.4. The lowest BCUT2D eigenvalue weighted by molar-refractivity contribution is -0.128. The van der Waals surface area contributed by atoms with Crippen LogP contribution in [0.2, 0.25) is 0 Å². The van der Waals surface area contributed by atoms with Gasteiger partial charge in [-0.05, 0) is 41.7 Å². The van der Waals surface area contributed by atoms with Gasteiger partial charge < -0.3 is 18.6 Å². The minimum Gasteiger partial charge on any atom is -0.459 e. The van der Waals surface area contributed by atoms with Gasteiger partial charge in [-0.1, -0.05) is 32.9 Å². The molecule has 0 bridgehead atoms. The van der Waals surface area contributed by atoms with E-state index in [2.05, 4.69) is 56.9 Å². The zero-order valence-electron chi connectivity index (χ0n) is 19.4. The van der Waals surface area contributed by atoms with Gasteiger partial charge in [0.05, 0.1) is 12.0 Å². The molecule has 33 heavy (non-hydrogen) atoms. The summed E-state index contributed by atoms with van der Waals surface area (Å²) in [7, 11) is 0. The van der Waals surface area contributed by atoms with Crippen LogP contribution in [0.15, 0.2) is 50.3 Å². The third-order valence-corrected chi connectivity index (χ3v) is 6.91. The van der Waals surface area contributed by atoms with Crippen molar-refractivity contribution >= 4 is 23.6 Å². The number of benzene rings is 1. The van der Waals surface area contributed by atoms with E-state index in [-0.39, 0.29) is 22.9 Å². The number of nitrogens with zero attached hydrogens (tertiary/aromatic N) is 4. The number of amides is 1. The predicted octanol–water partition coefficient (Wildman–Crippen LogP) is 4.85. The maximum absolute atomic E-state index is 12.9. The van der Waals surface area contributed by atoms with E-state index in [0.717, 1.165) is 4.90 Å². The number of carbonyl (C=O) groups excluding carboxylic acids is 1. The molecule has 0 atom stereocenters. The number of anilines is 1. The fourth-order valence-corrected chi connectivity index (χ4v) is 4.68. The van der Waals surface area contributed by atoms with Crippen molar-refractivity contribution in [3.05, 3.63) is 53.4 Å². The quantitative estimate of drug-likeness (QED) is 0.499. The number of nitriles is 1. The molecule has 2 aromatic heterocycles. The lowest BCUT2D eigenvalue weighted by atomic mass is 9.87. The highest BCUT2D eigenvalue weighted by molar-refractivity contribution is 8.00. The van der Waals surface area contributed by atoms with Crippen LogP contribution in [0.25, 0.3) is 11.7 Å². The van der Waals surface area contributed by atoms with E-state index in [9.17, 15) is 10.1 Å². The van der Waals surface area contributed by atoms with Crippen LogP contribution >= 0.6 is 11.8 Å². The van der Waals surface area contributed by atoms with E-state index >= 15 is 0 Å². The molecule has 1 aliphatic rings. The smallest absolute Gasteiger partial charge is 0.266 e. The first kappa shape index (κ1) is 23.0. The second-order valence-corrected chi connectivity index (χ2v) is 10.2. The molecular formula is C25H28N4O3S. The molecule has 1 aromatic carbocycles. The zero-order valence-corrected chi connectivity index (χ0v) is 20.2. The minimum absolute atomic E-state index is 0.0726. The number of thioether (sulfide) groups is 1. The maximum atomic E-state index is 12.9. The second kappa shape index (κ2) is 9.36. The van der Waals surface area contributed by atoms with Gasteiger partial charge in [0.1, 0.15) is 6.07 Å². The SMILES string of the molecule is Cc1ccc(C(C)(C)C)cc1SCC(=O)N1CCN(c2oc(-c3ccco3)nc2C#N)CC1. The van der Waals surface area contributed by atoms with Crippen LogP contribution in [0.4, 0.5) is 5.88 Å². The molecule has 1 fully saturated rings. The van der Waals surface area contributed by atoms with Crippen molar-refractivity contribution in [1.29, 1.82) is 5.26 Å². The van der Waals surface area contributed by atoms with Crippen LogP contribution in [-0.4, -0.2) is 47.7 Å². The summed E-state index contributed by atoms with van der Waals surface area (Å²) in [4.78, 5) is 22.1. The van der Waals surface area contributed by atoms with Crippen molar-refractivity contribution in [1.82, 2.24) is 9.88 Å². The van der Waals surface area contributed by atoms with Crippen LogP contribution in [0.5, 0.6) is 0 Å². The van der Waals surface area contributed by atoms with Gasteiger partial charge in [0.25, 0.3) is 5.89 Å². The van der Waals surface area contributed by atoms with Crippen LogP contribution in [0.1, 0.15) is 37.6 Å². The van der Waals surface area contributed by atoms with Crippen molar-refractivity contribution in [3.8, 4) is 17.7 Å². The van der Waals surface area contributed by atoms with Gasteiger partial charge in [-0.25, -0.2) is 0 Å². The summed E-state index contributed by atoms with van der Waals surface area (Å²) < 4.78 is 11.2. The van der Waals surface area contributed by atoms with Gasteiger partial charge in [0, 0.05) is 31.1 Å². The first-order valence-electron chi connectivity index (χ1n) is 11.0. The molecule has 3 aromatic rings. The Kier molecular flexibility index (Phi) is 6.52. The van der Waals surface area contributed by atoms with E-state index < -0.39 is 0 Å². The first-order chi connectivity index (χ1) is 15.8. The number of piperazine rings is 1. The van der Waals surface area contributed by atoms with Crippen LogP contribution in [-0.2, 0) is 10.2 Å². The summed E-state index contributed by atoms with van der Waals surface area (Å²) >= 11 is 1.60. The Morgan fingerprint density at radius 1 is 1.21 bits per heavy atom. The molecule has 4 rings (SSSR count). The van der Waals surface area contributed by atoms with Crippen molar-refractivity contribution in [3.63, 3.8) is 0 Å². The Hall–Kier alpha value is -3.18. The number of aromatic nitrogens is 1. The summed E-state index contributed by atoms with van der Waals surface area (Å²) in [6, 6.07) is 12.1. The lowest BCUT2D eigenvalue weighted by Gasteiger charge is -2.34. The lowest BCUT2D eigenvalue weighted by Crippen LogP contribution is -2.49. The van der Waals surface area contributed by atoms with Crippen molar-refractivity contribution in [2.45, 2.75) is 38.0 Å². The average Bonchev–Trinajstić information content (AvgIpc) is 3.47. The Morgan fingerprint density at radius 3 is 2.61 bits per heavy atom. The van der Waals surface area contributed by atoms with E-state index in [1.54, 1.807) is 23.9 Å². The molecule has 3 heterocycles. The summed E-state index contributed by atoms with van der Waals surface area (Å²) in [6.45, 7) is 11.0. The molecule has 172 valence electrons. The maximum Gasteiger partial charge on any atom is 0.266 e. The molecular weight excluding hydrogens is 436 g/mol. The Bertz CT molecular complexity index is 1160.